The zero-order valence-electron chi connectivity index (χ0n) is 17.6. The van der Waals surface area contributed by atoms with Gasteiger partial charge in [-0.05, 0) is 49.6 Å². The van der Waals surface area contributed by atoms with Crippen molar-refractivity contribution in [2.45, 2.75) is 37.6 Å². The van der Waals surface area contributed by atoms with Crippen LogP contribution in [0.5, 0.6) is 5.75 Å². The lowest BCUT2D eigenvalue weighted by molar-refractivity contribution is -0.113. The lowest BCUT2D eigenvalue weighted by Crippen LogP contribution is -2.18. The van der Waals surface area contributed by atoms with Gasteiger partial charge in [0.15, 0.2) is 5.16 Å². The SMILES string of the molecule is CCOc1ccc(NC(=O)CSc2ncc(-c3ccccc3)n2CC2CCCO2)cc1. The standard InChI is InChI=1S/C24H27N3O3S/c1-2-29-20-12-10-19(11-13-20)26-23(28)17-31-24-25-15-22(18-7-4-3-5-8-18)27(24)16-21-9-6-14-30-21/h3-5,7-8,10-13,15,21H,2,6,9,14,16-17H2,1H3,(H,26,28). The van der Waals surface area contributed by atoms with E-state index in [0.29, 0.717) is 6.61 Å². The van der Waals surface area contributed by atoms with Crippen LogP contribution < -0.4 is 10.1 Å². The Bertz CT molecular complexity index is 983. The molecule has 1 aromatic heterocycles. The molecular weight excluding hydrogens is 410 g/mol. The van der Waals surface area contributed by atoms with Crippen molar-refractivity contribution >= 4 is 23.4 Å². The highest BCUT2D eigenvalue weighted by atomic mass is 32.2. The average molecular weight is 438 g/mol. The number of benzene rings is 2. The maximum atomic E-state index is 12.5. The van der Waals surface area contributed by atoms with Gasteiger partial charge in [0, 0.05) is 12.3 Å². The van der Waals surface area contributed by atoms with Crippen LogP contribution in [0.25, 0.3) is 11.3 Å². The molecule has 0 saturated carbocycles. The van der Waals surface area contributed by atoms with Gasteiger partial charge in [-0.3, -0.25) is 4.79 Å². The van der Waals surface area contributed by atoms with Crippen molar-refractivity contribution in [2.75, 3.05) is 24.3 Å². The Morgan fingerprint density at radius 1 is 1.23 bits per heavy atom. The van der Waals surface area contributed by atoms with Gasteiger partial charge in [-0.25, -0.2) is 4.98 Å². The van der Waals surface area contributed by atoms with Gasteiger partial charge in [-0.2, -0.15) is 0 Å². The third kappa shape index (κ3) is 5.68. The van der Waals surface area contributed by atoms with Gasteiger partial charge in [-0.15, -0.1) is 0 Å². The lowest BCUT2D eigenvalue weighted by atomic mass is 10.1. The normalized spacial score (nSPS) is 15.7. The highest BCUT2D eigenvalue weighted by molar-refractivity contribution is 7.99. The molecule has 1 N–H and O–H groups in total. The summed E-state index contributed by atoms with van der Waals surface area (Å²) in [4.78, 5) is 17.1. The van der Waals surface area contributed by atoms with Gasteiger partial charge < -0.3 is 19.4 Å². The molecule has 31 heavy (non-hydrogen) atoms. The van der Waals surface area contributed by atoms with E-state index < -0.39 is 0 Å². The smallest absolute Gasteiger partial charge is 0.234 e. The van der Waals surface area contributed by atoms with E-state index in [-0.39, 0.29) is 17.8 Å². The van der Waals surface area contributed by atoms with Crippen molar-refractivity contribution in [1.82, 2.24) is 9.55 Å². The summed E-state index contributed by atoms with van der Waals surface area (Å²) in [7, 11) is 0. The molecule has 1 fully saturated rings. The fourth-order valence-electron chi connectivity index (χ4n) is 3.61. The highest BCUT2D eigenvalue weighted by Crippen LogP contribution is 2.28. The summed E-state index contributed by atoms with van der Waals surface area (Å²) in [6, 6.07) is 17.6. The molecule has 0 spiro atoms. The van der Waals surface area contributed by atoms with E-state index in [9.17, 15) is 4.79 Å². The first kappa shape index (κ1) is 21.5. The topological polar surface area (TPSA) is 65.4 Å². The number of carbonyl (C=O) groups is 1. The number of carbonyl (C=O) groups excluding carboxylic acids is 1. The molecule has 1 aliphatic heterocycles. The molecule has 7 heteroatoms. The quantitative estimate of drug-likeness (QED) is 0.485. The Morgan fingerprint density at radius 3 is 2.74 bits per heavy atom. The molecule has 4 rings (SSSR count). The number of thioether (sulfide) groups is 1. The number of rotatable bonds is 9. The van der Waals surface area contributed by atoms with Crippen molar-refractivity contribution in [3.8, 4) is 17.0 Å². The molecule has 1 saturated heterocycles. The summed E-state index contributed by atoms with van der Waals surface area (Å²) in [5.74, 6) is 1.01. The summed E-state index contributed by atoms with van der Waals surface area (Å²) in [6.45, 7) is 4.12. The van der Waals surface area contributed by atoms with Crippen molar-refractivity contribution in [3.63, 3.8) is 0 Å². The van der Waals surface area contributed by atoms with Gasteiger partial charge in [0.2, 0.25) is 5.91 Å². The summed E-state index contributed by atoms with van der Waals surface area (Å²) >= 11 is 1.44. The van der Waals surface area contributed by atoms with Crippen molar-refractivity contribution < 1.29 is 14.3 Å². The molecule has 2 aromatic carbocycles. The molecule has 0 radical (unpaired) electrons. The second-order valence-electron chi connectivity index (χ2n) is 7.33. The van der Waals surface area contributed by atoms with Gasteiger partial charge >= 0.3 is 0 Å². The number of ether oxygens (including phenoxy) is 2. The van der Waals surface area contributed by atoms with Crippen molar-refractivity contribution in [1.29, 1.82) is 0 Å². The third-order valence-corrected chi connectivity index (χ3v) is 6.07. The number of hydrogen-bond donors (Lipinski definition) is 1. The Labute approximate surface area is 187 Å². The summed E-state index contributed by atoms with van der Waals surface area (Å²) in [6.07, 6.45) is 4.22. The first-order valence-corrected chi connectivity index (χ1v) is 11.6. The third-order valence-electron chi connectivity index (χ3n) is 5.08. The van der Waals surface area contributed by atoms with Gasteiger partial charge in [-0.1, -0.05) is 42.1 Å². The number of nitrogens with one attached hydrogen (secondary N) is 1. The number of amides is 1. The molecule has 1 amide bonds. The predicted octanol–water partition coefficient (Wildman–Crippen LogP) is 4.86. The Balaban J connectivity index is 1.43. The maximum absolute atomic E-state index is 12.5. The van der Waals surface area contributed by atoms with Crippen LogP contribution in [0, 0.1) is 0 Å². The zero-order chi connectivity index (χ0) is 21.5. The number of aromatic nitrogens is 2. The van der Waals surface area contributed by atoms with Crippen LogP contribution in [0.3, 0.4) is 0 Å². The number of nitrogens with zero attached hydrogens (tertiary/aromatic N) is 2. The average Bonchev–Trinajstić information content (AvgIpc) is 3.45. The molecule has 6 nitrogen and oxygen atoms in total. The molecule has 3 aromatic rings. The van der Waals surface area contributed by atoms with Crippen LogP contribution in [0.4, 0.5) is 5.69 Å². The van der Waals surface area contributed by atoms with E-state index in [2.05, 4.69) is 27.0 Å². The van der Waals surface area contributed by atoms with Crippen LogP contribution in [0.1, 0.15) is 19.8 Å². The predicted molar refractivity (Wildman–Crippen MR) is 124 cm³/mol. The first-order chi connectivity index (χ1) is 15.2. The Morgan fingerprint density at radius 2 is 2.03 bits per heavy atom. The van der Waals surface area contributed by atoms with Crippen LogP contribution in [-0.2, 0) is 16.1 Å². The van der Waals surface area contributed by atoms with Gasteiger partial charge in [0.25, 0.3) is 0 Å². The van der Waals surface area contributed by atoms with E-state index in [1.165, 1.54) is 11.8 Å². The molecular formula is C24H27N3O3S. The number of anilines is 1. The number of imidazole rings is 1. The summed E-state index contributed by atoms with van der Waals surface area (Å²) in [5, 5.41) is 3.77. The van der Waals surface area contributed by atoms with Crippen molar-refractivity contribution in [3.05, 3.63) is 60.8 Å². The van der Waals surface area contributed by atoms with E-state index >= 15 is 0 Å². The summed E-state index contributed by atoms with van der Waals surface area (Å²) < 4.78 is 13.5. The van der Waals surface area contributed by atoms with E-state index in [0.717, 1.165) is 53.8 Å². The largest absolute Gasteiger partial charge is 0.494 e. The van der Waals surface area contributed by atoms with Gasteiger partial charge in [0.05, 0.1) is 36.9 Å². The molecule has 0 aliphatic carbocycles. The minimum atomic E-state index is -0.0675. The lowest BCUT2D eigenvalue weighted by Gasteiger charge is -2.16. The maximum Gasteiger partial charge on any atom is 0.234 e. The van der Waals surface area contributed by atoms with Gasteiger partial charge in [0.1, 0.15) is 5.75 Å². The summed E-state index contributed by atoms with van der Waals surface area (Å²) in [5.41, 5.74) is 2.91. The minimum absolute atomic E-state index is 0.0675. The molecule has 1 atom stereocenters. The second-order valence-corrected chi connectivity index (χ2v) is 8.27. The Kier molecular flexibility index (Phi) is 7.27. The molecule has 1 aliphatic rings. The molecule has 0 bridgehead atoms. The van der Waals surface area contributed by atoms with E-state index in [4.69, 9.17) is 9.47 Å². The molecule has 1 unspecified atom stereocenters. The second kappa shape index (κ2) is 10.5. The van der Waals surface area contributed by atoms with E-state index in [1.807, 2.05) is 55.6 Å². The molecule has 2 heterocycles. The van der Waals surface area contributed by atoms with E-state index in [1.54, 1.807) is 0 Å². The fraction of sp³-hybridized carbons (Fsp3) is 0.333. The van der Waals surface area contributed by atoms with Crippen LogP contribution in [0.15, 0.2) is 66.0 Å². The monoisotopic (exact) mass is 437 g/mol. The van der Waals surface area contributed by atoms with Crippen LogP contribution >= 0.6 is 11.8 Å². The van der Waals surface area contributed by atoms with Crippen molar-refractivity contribution in [2.24, 2.45) is 0 Å². The zero-order valence-corrected chi connectivity index (χ0v) is 18.4. The number of hydrogen-bond acceptors (Lipinski definition) is 5. The minimum Gasteiger partial charge on any atom is -0.494 e. The molecule has 162 valence electrons. The Hall–Kier alpha value is -2.77. The first-order valence-electron chi connectivity index (χ1n) is 10.6. The fourth-order valence-corrected chi connectivity index (χ4v) is 4.40. The van der Waals surface area contributed by atoms with Crippen LogP contribution in [0.2, 0.25) is 0 Å². The van der Waals surface area contributed by atoms with Crippen LogP contribution in [-0.4, -0.2) is 40.5 Å². The highest BCUT2D eigenvalue weighted by Gasteiger charge is 2.21.